The van der Waals surface area contributed by atoms with E-state index in [1.165, 1.54) is 11.5 Å². The summed E-state index contributed by atoms with van der Waals surface area (Å²) < 4.78 is 7.86. The molecule has 1 aromatic heterocycles. The number of Topliss-reactive ketones (excluding diaryl/α,β-unsaturated/α-hetero) is 1. The van der Waals surface area contributed by atoms with Crippen LogP contribution in [0.5, 0.6) is 0 Å². The van der Waals surface area contributed by atoms with Crippen LogP contribution in [0.3, 0.4) is 0 Å². The highest BCUT2D eigenvalue weighted by atomic mass is 16.5. The van der Waals surface area contributed by atoms with Gasteiger partial charge < -0.3 is 10.1 Å². The van der Waals surface area contributed by atoms with E-state index < -0.39 is 6.09 Å². The van der Waals surface area contributed by atoms with Gasteiger partial charge in [0.05, 0.1) is 18.0 Å². The molecule has 0 saturated carbocycles. The Morgan fingerprint density at radius 2 is 1.70 bits per heavy atom. The average molecular weight is 407 g/mol. The molecule has 30 heavy (non-hydrogen) atoms. The first-order valence-electron chi connectivity index (χ1n) is 9.84. The maximum absolute atomic E-state index is 13.5. The lowest BCUT2D eigenvalue weighted by atomic mass is 10.1. The number of para-hydroxylation sites is 1. The number of aromatic nitrogens is 2. The highest BCUT2D eigenvalue weighted by Crippen LogP contribution is 2.27. The van der Waals surface area contributed by atoms with Gasteiger partial charge in [-0.05, 0) is 25.5 Å². The molecule has 7 nitrogen and oxygen atoms in total. The average Bonchev–Trinajstić information content (AvgIpc) is 3.02. The van der Waals surface area contributed by atoms with Gasteiger partial charge in [0.25, 0.3) is 0 Å². The number of alkyl carbamates (subject to hydrolysis) is 1. The van der Waals surface area contributed by atoms with E-state index in [1.54, 1.807) is 11.5 Å². The van der Waals surface area contributed by atoms with Crippen molar-refractivity contribution in [2.24, 2.45) is 0 Å². The molecule has 0 aliphatic heterocycles. The van der Waals surface area contributed by atoms with Gasteiger partial charge in [0.15, 0.2) is 5.78 Å². The number of carbonyl (C=O) groups excluding carboxylic acids is 2. The van der Waals surface area contributed by atoms with Gasteiger partial charge >= 0.3 is 11.8 Å². The van der Waals surface area contributed by atoms with Crippen LogP contribution in [0.1, 0.15) is 29.9 Å². The minimum absolute atomic E-state index is 0.144. The fourth-order valence-corrected chi connectivity index (χ4v) is 3.46. The summed E-state index contributed by atoms with van der Waals surface area (Å²) in [4.78, 5) is 37.7. The van der Waals surface area contributed by atoms with E-state index in [1.807, 2.05) is 61.5 Å². The number of hydrogen-bond donors (Lipinski definition) is 1. The number of imidazole rings is 1. The molecule has 3 aromatic rings. The van der Waals surface area contributed by atoms with E-state index in [0.29, 0.717) is 17.1 Å². The first-order chi connectivity index (χ1) is 14.5. The first kappa shape index (κ1) is 21.1. The Kier molecular flexibility index (Phi) is 6.51. The van der Waals surface area contributed by atoms with Crippen LogP contribution in [0, 0.1) is 6.92 Å². The smallest absolute Gasteiger partial charge is 0.407 e. The molecular weight excluding hydrogens is 382 g/mol. The predicted molar refractivity (Wildman–Crippen MR) is 115 cm³/mol. The van der Waals surface area contributed by atoms with Crippen LogP contribution < -0.4 is 11.0 Å². The second-order valence-electron chi connectivity index (χ2n) is 6.82. The molecule has 0 atom stereocenters. The lowest BCUT2D eigenvalue weighted by Gasteiger charge is -2.11. The number of ketones is 1. The fourth-order valence-electron chi connectivity index (χ4n) is 3.46. The van der Waals surface area contributed by atoms with Crippen molar-refractivity contribution < 1.29 is 14.3 Å². The molecular formula is C23H25N3O4. The number of carbonyl (C=O) groups is 2. The van der Waals surface area contributed by atoms with Crippen molar-refractivity contribution in [1.29, 1.82) is 0 Å². The summed E-state index contributed by atoms with van der Waals surface area (Å²) >= 11 is 0. The third kappa shape index (κ3) is 4.20. The lowest BCUT2D eigenvalue weighted by Crippen LogP contribution is -2.32. The summed E-state index contributed by atoms with van der Waals surface area (Å²) in [5, 5.41) is 2.60. The van der Waals surface area contributed by atoms with Crippen molar-refractivity contribution in [1.82, 2.24) is 14.5 Å². The molecule has 0 radical (unpaired) electrons. The molecule has 0 bridgehead atoms. The van der Waals surface area contributed by atoms with Crippen molar-refractivity contribution in [3.8, 4) is 16.9 Å². The summed E-state index contributed by atoms with van der Waals surface area (Å²) in [5.41, 5.74) is 2.90. The summed E-state index contributed by atoms with van der Waals surface area (Å²) in [6.45, 7) is 5.64. The van der Waals surface area contributed by atoms with Crippen molar-refractivity contribution in [3.05, 3.63) is 76.3 Å². The topological polar surface area (TPSA) is 82.3 Å². The molecule has 0 fully saturated rings. The van der Waals surface area contributed by atoms with Gasteiger partial charge in [0.1, 0.15) is 5.69 Å². The van der Waals surface area contributed by atoms with Gasteiger partial charge in [-0.3, -0.25) is 13.9 Å². The molecule has 0 unspecified atom stereocenters. The molecule has 7 heteroatoms. The Balaban J connectivity index is 2.19. The minimum Gasteiger partial charge on any atom is -0.450 e. The predicted octanol–water partition coefficient (Wildman–Crippen LogP) is 3.56. The summed E-state index contributed by atoms with van der Waals surface area (Å²) in [7, 11) is 0. The van der Waals surface area contributed by atoms with Gasteiger partial charge in [0, 0.05) is 25.6 Å². The number of amides is 1. The molecule has 2 aromatic carbocycles. The number of nitrogens with one attached hydrogen (secondary N) is 1. The Bertz CT molecular complexity index is 1110. The molecule has 1 heterocycles. The van der Waals surface area contributed by atoms with E-state index in [2.05, 4.69) is 5.32 Å². The zero-order valence-electron chi connectivity index (χ0n) is 17.3. The third-order valence-corrected chi connectivity index (χ3v) is 4.76. The van der Waals surface area contributed by atoms with Gasteiger partial charge in [-0.1, -0.05) is 48.5 Å². The van der Waals surface area contributed by atoms with Crippen LogP contribution in [-0.2, 0) is 11.3 Å². The number of ether oxygens (including phenoxy) is 1. The van der Waals surface area contributed by atoms with Crippen molar-refractivity contribution in [3.63, 3.8) is 0 Å². The van der Waals surface area contributed by atoms with Crippen molar-refractivity contribution in [2.45, 2.75) is 27.3 Å². The third-order valence-electron chi connectivity index (χ3n) is 4.76. The SMILES string of the molecule is CCOC(=O)NCCn1c(C(C)=O)c(-c2ccccc2)n(-c2ccccc2C)c1=O. The van der Waals surface area contributed by atoms with Gasteiger partial charge in [-0.15, -0.1) is 0 Å². The molecule has 0 aliphatic rings. The number of aryl methyl sites for hydroxylation is 1. The standard InChI is InChI=1S/C23H25N3O4/c1-4-30-22(28)24-14-15-25-20(17(3)27)21(18-11-6-5-7-12-18)26(23(25)29)19-13-9-8-10-16(19)2/h5-13H,4,14-15H2,1-3H3,(H,24,28). The minimum atomic E-state index is -0.559. The zero-order valence-corrected chi connectivity index (χ0v) is 17.3. The number of rotatable bonds is 7. The summed E-state index contributed by atoms with van der Waals surface area (Å²) in [6, 6.07) is 16.9. The second-order valence-corrected chi connectivity index (χ2v) is 6.82. The molecule has 156 valence electrons. The Labute approximate surface area is 174 Å². The fraction of sp³-hybridized carbons (Fsp3) is 0.261. The lowest BCUT2D eigenvalue weighted by molar-refractivity contribution is 0.100. The first-order valence-corrected chi connectivity index (χ1v) is 9.84. The maximum Gasteiger partial charge on any atom is 0.407 e. The van der Waals surface area contributed by atoms with Gasteiger partial charge in [-0.25, -0.2) is 9.59 Å². The van der Waals surface area contributed by atoms with E-state index >= 15 is 0 Å². The Morgan fingerprint density at radius 1 is 1.03 bits per heavy atom. The second kappa shape index (κ2) is 9.26. The van der Waals surface area contributed by atoms with Crippen LogP contribution in [0.2, 0.25) is 0 Å². The Morgan fingerprint density at radius 3 is 2.33 bits per heavy atom. The number of nitrogens with zero attached hydrogens (tertiary/aromatic N) is 2. The highest BCUT2D eigenvalue weighted by Gasteiger charge is 2.25. The van der Waals surface area contributed by atoms with Gasteiger partial charge in [0.2, 0.25) is 0 Å². The molecule has 0 aliphatic carbocycles. The van der Waals surface area contributed by atoms with Crippen LogP contribution in [-0.4, -0.2) is 34.2 Å². The van der Waals surface area contributed by atoms with E-state index in [4.69, 9.17) is 4.74 Å². The normalized spacial score (nSPS) is 10.6. The monoisotopic (exact) mass is 407 g/mol. The van der Waals surface area contributed by atoms with Gasteiger partial charge in [-0.2, -0.15) is 0 Å². The Hall–Kier alpha value is -3.61. The van der Waals surface area contributed by atoms with Crippen LogP contribution in [0.4, 0.5) is 4.79 Å². The quantitative estimate of drug-likeness (QED) is 0.607. The molecule has 3 rings (SSSR count). The van der Waals surface area contributed by atoms with Crippen LogP contribution in [0.25, 0.3) is 16.9 Å². The van der Waals surface area contributed by atoms with E-state index in [0.717, 1.165) is 11.1 Å². The molecule has 1 N–H and O–H groups in total. The van der Waals surface area contributed by atoms with E-state index in [9.17, 15) is 14.4 Å². The largest absolute Gasteiger partial charge is 0.450 e. The van der Waals surface area contributed by atoms with Crippen LogP contribution in [0.15, 0.2) is 59.4 Å². The zero-order chi connectivity index (χ0) is 21.7. The van der Waals surface area contributed by atoms with Crippen LogP contribution >= 0.6 is 0 Å². The molecule has 1 amide bonds. The summed E-state index contributed by atoms with van der Waals surface area (Å²) in [6.07, 6.45) is -0.559. The van der Waals surface area contributed by atoms with E-state index in [-0.39, 0.29) is 31.2 Å². The van der Waals surface area contributed by atoms with Crippen molar-refractivity contribution >= 4 is 11.9 Å². The highest BCUT2D eigenvalue weighted by molar-refractivity contribution is 5.99. The number of benzene rings is 2. The summed E-state index contributed by atoms with van der Waals surface area (Å²) in [5.74, 6) is -0.227. The number of hydrogen-bond acceptors (Lipinski definition) is 4. The molecule has 0 spiro atoms. The van der Waals surface area contributed by atoms with Crippen molar-refractivity contribution in [2.75, 3.05) is 13.2 Å². The molecule has 0 saturated heterocycles. The maximum atomic E-state index is 13.5.